The number of anilines is 1. The van der Waals surface area contributed by atoms with E-state index in [9.17, 15) is 4.79 Å². The maximum Gasteiger partial charge on any atom is 0.267 e. The summed E-state index contributed by atoms with van der Waals surface area (Å²) in [7, 11) is 0. The molecule has 27 heavy (non-hydrogen) atoms. The van der Waals surface area contributed by atoms with Crippen LogP contribution in [0.1, 0.15) is 57.6 Å². The number of carbonyl (C=O) groups excluding carboxylic acids is 1. The van der Waals surface area contributed by atoms with E-state index in [-0.39, 0.29) is 5.91 Å². The van der Waals surface area contributed by atoms with Crippen molar-refractivity contribution in [1.82, 2.24) is 14.8 Å². The molecule has 2 heterocycles. The van der Waals surface area contributed by atoms with Gasteiger partial charge in [-0.05, 0) is 57.7 Å². The lowest BCUT2D eigenvalue weighted by atomic mass is 10.1. The number of rotatable bonds is 6. The van der Waals surface area contributed by atoms with Gasteiger partial charge in [-0.2, -0.15) is 5.10 Å². The number of aryl methyl sites for hydroxylation is 3. The Hall–Kier alpha value is -2.47. The lowest BCUT2D eigenvalue weighted by Crippen LogP contribution is -2.12. The first-order chi connectivity index (χ1) is 12.9. The second-order valence-corrected chi connectivity index (χ2v) is 7.82. The molecule has 0 spiro atoms. The number of nitrogens with zero attached hydrogens (tertiary/aromatic N) is 3. The highest BCUT2D eigenvalue weighted by atomic mass is 32.1. The van der Waals surface area contributed by atoms with Gasteiger partial charge in [-0.25, -0.2) is 9.67 Å². The van der Waals surface area contributed by atoms with E-state index in [1.807, 2.05) is 49.7 Å². The van der Waals surface area contributed by atoms with Gasteiger partial charge >= 0.3 is 0 Å². The van der Waals surface area contributed by atoms with E-state index in [2.05, 4.69) is 29.2 Å². The second-order valence-electron chi connectivity index (χ2n) is 6.84. The Labute approximate surface area is 164 Å². The third-order valence-corrected chi connectivity index (χ3v) is 5.92. The predicted octanol–water partition coefficient (Wildman–Crippen LogP) is 5.16. The Morgan fingerprint density at radius 2 is 1.89 bits per heavy atom. The molecule has 0 aliphatic carbocycles. The molecule has 1 amide bonds. The zero-order valence-electron chi connectivity index (χ0n) is 16.6. The Kier molecular flexibility index (Phi) is 5.75. The minimum Gasteiger partial charge on any atom is -0.321 e. The zero-order chi connectivity index (χ0) is 19.6. The van der Waals surface area contributed by atoms with Crippen molar-refractivity contribution in [1.29, 1.82) is 0 Å². The maximum absolute atomic E-state index is 12.8. The van der Waals surface area contributed by atoms with Gasteiger partial charge in [0.25, 0.3) is 5.91 Å². The van der Waals surface area contributed by atoms with Crippen molar-refractivity contribution in [3.63, 3.8) is 0 Å². The number of unbranched alkanes of at least 4 members (excludes halogenated alkanes) is 1. The number of nitrogens with one attached hydrogen (secondary N) is 1. The average molecular weight is 383 g/mol. The normalized spacial score (nSPS) is 11.0. The molecule has 0 aliphatic heterocycles. The number of hydrogen-bond acceptors (Lipinski definition) is 4. The van der Waals surface area contributed by atoms with Crippen molar-refractivity contribution in [2.24, 2.45) is 0 Å². The zero-order valence-corrected chi connectivity index (χ0v) is 17.4. The van der Waals surface area contributed by atoms with E-state index < -0.39 is 0 Å². The standard InChI is InChI=1S/C21H26N4OS/c1-6-7-11-17-14(3)24-25(16(17)5)21-22-15(4)19(27-21)20(26)23-18-12-9-8-10-13(18)2/h8-10,12H,6-7,11H2,1-5H3,(H,23,26). The van der Waals surface area contributed by atoms with Crippen LogP contribution in [0.2, 0.25) is 0 Å². The minimum atomic E-state index is -0.127. The number of aromatic nitrogens is 3. The first-order valence-electron chi connectivity index (χ1n) is 9.32. The van der Waals surface area contributed by atoms with Crippen molar-refractivity contribution in [2.45, 2.75) is 53.9 Å². The van der Waals surface area contributed by atoms with Gasteiger partial charge in [0.05, 0.1) is 11.4 Å². The van der Waals surface area contributed by atoms with Gasteiger partial charge in [0.1, 0.15) is 4.88 Å². The van der Waals surface area contributed by atoms with Crippen LogP contribution in [-0.4, -0.2) is 20.7 Å². The molecule has 0 saturated heterocycles. The van der Waals surface area contributed by atoms with E-state index in [0.29, 0.717) is 4.88 Å². The van der Waals surface area contributed by atoms with Gasteiger partial charge in [0.15, 0.2) is 0 Å². The van der Waals surface area contributed by atoms with Gasteiger partial charge in [0.2, 0.25) is 5.13 Å². The smallest absolute Gasteiger partial charge is 0.267 e. The van der Waals surface area contributed by atoms with Gasteiger partial charge in [-0.3, -0.25) is 4.79 Å². The fourth-order valence-electron chi connectivity index (χ4n) is 3.15. The SMILES string of the molecule is CCCCc1c(C)nn(-c2nc(C)c(C(=O)Nc3ccccc3C)s2)c1C. The first-order valence-corrected chi connectivity index (χ1v) is 10.1. The Morgan fingerprint density at radius 1 is 1.15 bits per heavy atom. The van der Waals surface area contributed by atoms with Crippen LogP contribution in [0.4, 0.5) is 5.69 Å². The largest absolute Gasteiger partial charge is 0.321 e. The fraction of sp³-hybridized carbons (Fsp3) is 0.381. The molecule has 0 atom stereocenters. The Balaban J connectivity index is 1.89. The summed E-state index contributed by atoms with van der Waals surface area (Å²) in [6.07, 6.45) is 3.33. The van der Waals surface area contributed by atoms with Crippen LogP contribution in [-0.2, 0) is 6.42 Å². The van der Waals surface area contributed by atoms with E-state index >= 15 is 0 Å². The minimum absolute atomic E-state index is 0.127. The third-order valence-electron chi connectivity index (χ3n) is 4.79. The summed E-state index contributed by atoms with van der Waals surface area (Å²) in [5.41, 5.74) is 6.02. The molecular formula is C21H26N4OS. The Bertz CT molecular complexity index is 971. The van der Waals surface area contributed by atoms with Gasteiger partial charge in [0, 0.05) is 11.4 Å². The molecule has 1 aromatic carbocycles. The Morgan fingerprint density at radius 3 is 2.59 bits per heavy atom. The lowest BCUT2D eigenvalue weighted by Gasteiger charge is -2.06. The molecule has 0 saturated carbocycles. The van der Waals surface area contributed by atoms with Crippen LogP contribution < -0.4 is 5.32 Å². The molecule has 1 N–H and O–H groups in total. The molecule has 0 unspecified atom stereocenters. The van der Waals surface area contributed by atoms with E-state index in [1.165, 1.54) is 16.9 Å². The lowest BCUT2D eigenvalue weighted by molar-refractivity contribution is 0.102. The molecule has 0 radical (unpaired) electrons. The van der Waals surface area contributed by atoms with Crippen molar-refractivity contribution in [3.05, 3.63) is 57.4 Å². The molecule has 3 rings (SSSR count). The molecule has 5 nitrogen and oxygen atoms in total. The van der Waals surface area contributed by atoms with Crippen molar-refractivity contribution in [3.8, 4) is 5.13 Å². The fourth-order valence-corrected chi connectivity index (χ4v) is 4.12. The molecule has 0 aliphatic rings. The van der Waals surface area contributed by atoms with Crippen LogP contribution in [0, 0.1) is 27.7 Å². The monoisotopic (exact) mass is 382 g/mol. The molecular weight excluding hydrogens is 356 g/mol. The van der Waals surface area contributed by atoms with Crippen molar-refractivity contribution < 1.29 is 4.79 Å². The van der Waals surface area contributed by atoms with E-state index in [1.54, 1.807) is 0 Å². The number of thiazole rings is 1. The molecule has 6 heteroatoms. The van der Waals surface area contributed by atoms with Gasteiger partial charge < -0.3 is 5.32 Å². The molecule has 0 bridgehead atoms. The highest BCUT2D eigenvalue weighted by molar-refractivity contribution is 7.16. The first kappa shape index (κ1) is 19.3. The topological polar surface area (TPSA) is 59.8 Å². The van der Waals surface area contributed by atoms with Crippen LogP contribution in [0.15, 0.2) is 24.3 Å². The summed E-state index contributed by atoms with van der Waals surface area (Å²) in [4.78, 5) is 18.0. The summed E-state index contributed by atoms with van der Waals surface area (Å²) >= 11 is 1.38. The van der Waals surface area contributed by atoms with Crippen LogP contribution in [0.3, 0.4) is 0 Å². The highest BCUT2D eigenvalue weighted by Crippen LogP contribution is 2.26. The summed E-state index contributed by atoms with van der Waals surface area (Å²) < 4.78 is 1.88. The van der Waals surface area contributed by atoms with E-state index in [4.69, 9.17) is 0 Å². The summed E-state index contributed by atoms with van der Waals surface area (Å²) in [5.74, 6) is -0.127. The summed E-state index contributed by atoms with van der Waals surface area (Å²) in [6, 6.07) is 7.76. The van der Waals surface area contributed by atoms with Crippen LogP contribution >= 0.6 is 11.3 Å². The number of amides is 1. The quantitative estimate of drug-likeness (QED) is 0.641. The van der Waals surface area contributed by atoms with E-state index in [0.717, 1.165) is 52.7 Å². The molecule has 0 fully saturated rings. The average Bonchev–Trinajstić information content (AvgIpc) is 3.15. The number of para-hydroxylation sites is 1. The van der Waals surface area contributed by atoms with Crippen LogP contribution in [0.5, 0.6) is 0 Å². The summed E-state index contributed by atoms with van der Waals surface area (Å²) in [5, 5.41) is 8.41. The maximum atomic E-state index is 12.8. The van der Waals surface area contributed by atoms with Gasteiger partial charge in [-0.15, -0.1) is 0 Å². The van der Waals surface area contributed by atoms with Gasteiger partial charge in [-0.1, -0.05) is 42.9 Å². The highest BCUT2D eigenvalue weighted by Gasteiger charge is 2.20. The number of benzene rings is 1. The number of carbonyl (C=O) groups is 1. The summed E-state index contributed by atoms with van der Waals surface area (Å²) in [6.45, 7) is 10.2. The van der Waals surface area contributed by atoms with Crippen molar-refractivity contribution in [2.75, 3.05) is 5.32 Å². The molecule has 3 aromatic rings. The molecule has 2 aromatic heterocycles. The van der Waals surface area contributed by atoms with Crippen LogP contribution in [0.25, 0.3) is 5.13 Å². The third kappa shape index (κ3) is 3.95. The number of hydrogen-bond donors (Lipinski definition) is 1. The van der Waals surface area contributed by atoms with Crippen molar-refractivity contribution >= 4 is 22.9 Å². The predicted molar refractivity (Wildman–Crippen MR) is 111 cm³/mol. The second kappa shape index (κ2) is 8.05. The molecule has 142 valence electrons.